The van der Waals surface area contributed by atoms with E-state index in [0.29, 0.717) is 35.7 Å². The first-order valence-electron chi connectivity index (χ1n) is 8.77. The smallest absolute Gasteiger partial charge is 0.343 e. The van der Waals surface area contributed by atoms with Gasteiger partial charge in [0.25, 0.3) is 5.91 Å². The molecule has 2 rings (SSSR count). The van der Waals surface area contributed by atoms with Crippen molar-refractivity contribution < 1.29 is 14.3 Å². The zero-order valence-corrected chi connectivity index (χ0v) is 15.5. The predicted molar refractivity (Wildman–Crippen MR) is 105 cm³/mol. The molecule has 0 atom stereocenters. The summed E-state index contributed by atoms with van der Waals surface area (Å²) < 4.78 is 5.34. The van der Waals surface area contributed by atoms with Gasteiger partial charge in [0, 0.05) is 24.3 Å². The average molecular weight is 368 g/mol. The molecule has 0 spiro atoms. The fraction of sp³-hybridized carbons (Fsp3) is 0.250. The molecule has 1 amide bonds. The van der Waals surface area contributed by atoms with Crippen molar-refractivity contribution in [3.63, 3.8) is 0 Å². The molecule has 142 valence electrons. The van der Waals surface area contributed by atoms with Crippen molar-refractivity contribution in [1.29, 1.82) is 5.41 Å². The van der Waals surface area contributed by atoms with Gasteiger partial charge in [-0.05, 0) is 61.9 Å². The van der Waals surface area contributed by atoms with Crippen molar-refractivity contribution in [3.8, 4) is 5.75 Å². The molecule has 0 aliphatic heterocycles. The number of ether oxygens (including phenoxy) is 1. The highest BCUT2D eigenvalue weighted by atomic mass is 16.5. The molecule has 2 aromatic rings. The molecule has 2 aromatic carbocycles. The molecule has 0 saturated carbocycles. The first-order chi connectivity index (χ1) is 12.9. The van der Waals surface area contributed by atoms with Gasteiger partial charge in [0.2, 0.25) is 0 Å². The van der Waals surface area contributed by atoms with Gasteiger partial charge < -0.3 is 20.7 Å². The number of carbonyl (C=O) groups excluding carboxylic acids is 2. The Labute approximate surface area is 158 Å². The number of anilines is 1. The standard InChI is InChI=1S/C20H24N4O3/c1-3-13-24(4-2)18(25)14-7-11-17(12-8-14)27-19(26)15-5-9-16(10-6-15)23-20(21)22/h5-12H,3-4,13H2,1-2H3,(H4,21,22,23). The molecule has 0 heterocycles. The van der Waals surface area contributed by atoms with Crippen LogP contribution in [0.15, 0.2) is 48.5 Å². The molecule has 7 heteroatoms. The Kier molecular flexibility index (Phi) is 6.93. The Bertz CT molecular complexity index is 801. The maximum Gasteiger partial charge on any atom is 0.343 e. The van der Waals surface area contributed by atoms with Gasteiger partial charge in [-0.15, -0.1) is 0 Å². The summed E-state index contributed by atoms with van der Waals surface area (Å²) in [5.74, 6) is -0.364. The Balaban J connectivity index is 2.02. The zero-order chi connectivity index (χ0) is 19.8. The Morgan fingerprint density at radius 2 is 1.63 bits per heavy atom. The molecular weight excluding hydrogens is 344 g/mol. The van der Waals surface area contributed by atoms with Gasteiger partial charge >= 0.3 is 5.97 Å². The number of guanidine groups is 1. The van der Waals surface area contributed by atoms with E-state index >= 15 is 0 Å². The van der Waals surface area contributed by atoms with Crippen LogP contribution in [0.5, 0.6) is 5.75 Å². The second-order valence-electron chi connectivity index (χ2n) is 5.91. The van der Waals surface area contributed by atoms with E-state index in [1.165, 1.54) is 0 Å². The van der Waals surface area contributed by atoms with Crippen molar-refractivity contribution in [2.75, 3.05) is 18.4 Å². The Morgan fingerprint density at radius 1 is 1.04 bits per heavy atom. The molecule has 27 heavy (non-hydrogen) atoms. The number of hydrogen-bond acceptors (Lipinski definition) is 4. The fourth-order valence-corrected chi connectivity index (χ4v) is 2.53. The van der Waals surface area contributed by atoms with E-state index in [2.05, 4.69) is 5.32 Å². The van der Waals surface area contributed by atoms with Gasteiger partial charge in [0.05, 0.1) is 5.56 Å². The highest BCUT2D eigenvalue weighted by molar-refractivity contribution is 5.95. The number of carbonyl (C=O) groups is 2. The van der Waals surface area contributed by atoms with Crippen LogP contribution < -0.4 is 15.8 Å². The molecule has 0 fully saturated rings. The number of rotatable bonds is 7. The van der Waals surface area contributed by atoms with Crippen LogP contribution >= 0.6 is 0 Å². The molecule has 0 bridgehead atoms. The minimum atomic E-state index is -0.510. The summed E-state index contributed by atoms with van der Waals surface area (Å²) in [7, 11) is 0. The van der Waals surface area contributed by atoms with Crippen molar-refractivity contribution in [2.24, 2.45) is 5.73 Å². The Morgan fingerprint density at radius 3 is 2.15 bits per heavy atom. The van der Waals surface area contributed by atoms with Gasteiger partial charge in [0.1, 0.15) is 5.75 Å². The van der Waals surface area contributed by atoms with Crippen LogP contribution in [0.4, 0.5) is 5.69 Å². The first kappa shape index (κ1) is 20.0. The molecule has 0 radical (unpaired) electrons. The van der Waals surface area contributed by atoms with E-state index in [1.807, 2.05) is 13.8 Å². The first-order valence-corrected chi connectivity index (χ1v) is 8.77. The summed E-state index contributed by atoms with van der Waals surface area (Å²) in [6, 6.07) is 12.9. The van der Waals surface area contributed by atoms with Crippen LogP contribution in [-0.4, -0.2) is 35.8 Å². The third-order valence-electron chi connectivity index (χ3n) is 3.87. The predicted octanol–water partition coefficient (Wildman–Crippen LogP) is 3.08. The SMILES string of the molecule is CCCN(CC)C(=O)c1ccc(OC(=O)c2ccc(NC(=N)N)cc2)cc1. The molecule has 0 unspecified atom stereocenters. The van der Waals surface area contributed by atoms with Crippen molar-refractivity contribution in [1.82, 2.24) is 4.90 Å². The second kappa shape index (κ2) is 9.38. The third-order valence-corrected chi connectivity index (χ3v) is 3.87. The number of hydrogen-bond donors (Lipinski definition) is 3. The molecule has 0 saturated heterocycles. The van der Waals surface area contributed by atoms with E-state index in [1.54, 1.807) is 53.4 Å². The highest BCUT2D eigenvalue weighted by Gasteiger charge is 2.14. The molecular formula is C20H24N4O3. The number of benzene rings is 2. The summed E-state index contributed by atoms with van der Waals surface area (Å²) in [5, 5.41) is 9.81. The maximum absolute atomic E-state index is 12.4. The van der Waals surface area contributed by atoms with Crippen molar-refractivity contribution in [3.05, 3.63) is 59.7 Å². The minimum absolute atomic E-state index is 0.0363. The van der Waals surface area contributed by atoms with Crippen LogP contribution in [0.2, 0.25) is 0 Å². The number of esters is 1. The topological polar surface area (TPSA) is 109 Å². The van der Waals surface area contributed by atoms with Crippen LogP contribution in [0.3, 0.4) is 0 Å². The normalized spacial score (nSPS) is 10.1. The van der Waals surface area contributed by atoms with E-state index in [4.69, 9.17) is 15.9 Å². The lowest BCUT2D eigenvalue weighted by atomic mass is 10.2. The second-order valence-corrected chi connectivity index (χ2v) is 5.91. The molecule has 0 aliphatic carbocycles. The van der Waals surface area contributed by atoms with Crippen LogP contribution in [0, 0.1) is 5.41 Å². The average Bonchev–Trinajstić information content (AvgIpc) is 2.66. The minimum Gasteiger partial charge on any atom is -0.423 e. The maximum atomic E-state index is 12.4. The fourth-order valence-electron chi connectivity index (χ4n) is 2.53. The summed E-state index contributed by atoms with van der Waals surface area (Å²) in [6.07, 6.45) is 0.899. The molecule has 0 aromatic heterocycles. The van der Waals surface area contributed by atoms with E-state index in [-0.39, 0.29) is 11.9 Å². The van der Waals surface area contributed by atoms with Crippen LogP contribution in [0.25, 0.3) is 0 Å². The lowest BCUT2D eigenvalue weighted by molar-refractivity contribution is 0.0734. The van der Waals surface area contributed by atoms with E-state index in [9.17, 15) is 9.59 Å². The van der Waals surface area contributed by atoms with Crippen molar-refractivity contribution >= 4 is 23.5 Å². The van der Waals surface area contributed by atoms with Crippen LogP contribution in [-0.2, 0) is 0 Å². The number of amides is 1. The van der Waals surface area contributed by atoms with Crippen molar-refractivity contribution in [2.45, 2.75) is 20.3 Å². The van der Waals surface area contributed by atoms with E-state index in [0.717, 1.165) is 6.42 Å². The zero-order valence-electron chi connectivity index (χ0n) is 15.5. The summed E-state index contributed by atoms with van der Waals surface area (Å²) in [5.41, 5.74) is 6.79. The van der Waals surface area contributed by atoms with Gasteiger partial charge in [-0.25, -0.2) is 4.79 Å². The largest absolute Gasteiger partial charge is 0.423 e. The van der Waals surface area contributed by atoms with Crippen LogP contribution in [0.1, 0.15) is 41.0 Å². The molecule has 7 nitrogen and oxygen atoms in total. The summed E-state index contributed by atoms with van der Waals surface area (Å²) in [6.45, 7) is 5.33. The van der Waals surface area contributed by atoms with Gasteiger partial charge in [0.15, 0.2) is 5.96 Å². The number of nitrogens with two attached hydrogens (primary N) is 1. The quantitative estimate of drug-likeness (QED) is 0.301. The monoisotopic (exact) mass is 368 g/mol. The van der Waals surface area contributed by atoms with Gasteiger partial charge in [-0.1, -0.05) is 6.92 Å². The number of nitrogens with zero attached hydrogens (tertiary/aromatic N) is 1. The Hall–Kier alpha value is -3.35. The highest BCUT2D eigenvalue weighted by Crippen LogP contribution is 2.17. The van der Waals surface area contributed by atoms with E-state index < -0.39 is 5.97 Å². The number of nitrogens with one attached hydrogen (secondary N) is 2. The van der Waals surface area contributed by atoms with Gasteiger partial charge in [-0.2, -0.15) is 0 Å². The van der Waals surface area contributed by atoms with Gasteiger partial charge in [-0.3, -0.25) is 10.2 Å². The lowest BCUT2D eigenvalue weighted by Gasteiger charge is -2.20. The molecule has 4 N–H and O–H groups in total. The summed E-state index contributed by atoms with van der Waals surface area (Å²) in [4.78, 5) is 26.4. The third kappa shape index (κ3) is 5.57. The lowest BCUT2D eigenvalue weighted by Crippen LogP contribution is -2.31. The summed E-state index contributed by atoms with van der Waals surface area (Å²) >= 11 is 0. The molecule has 0 aliphatic rings.